The maximum Gasteiger partial charge on any atom is 0.104 e. The van der Waals surface area contributed by atoms with Crippen LogP contribution in [0.5, 0.6) is 0 Å². The van der Waals surface area contributed by atoms with Crippen LogP contribution in [0, 0.1) is 17.2 Å². The van der Waals surface area contributed by atoms with Gasteiger partial charge in [0.25, 0.3) is 0 Å². The summed E-state index contributed by atoms with van der Waals surface area (Å²) >= 11 is 0. The van der Waals surface area contributed by atoms with E-state index in [-0.39, 0.29) is 0 Å². The van der Waals surface area contributed by atoms with E-state index in [0.29, 0.717) is 23.3 Å². The van der Waals surface area contributed by atoms with Crippen molar-refractivity contribution in [1.29, 1.82) is 5.41 Å². The zero-order valence-electron chi connectivity index (χ0n) is 10.6. The van der Waals surface area contributed by atoms with Gasteiger partial charge in [0.05, 0.1) is 5.71 Å². The standard InChI is InChI=1S/C14H24N2O/c15-13(11-7-3-1-4-8-11)14(16-17)12-9-5-2-6-10-12/h11-12,15,17H,1-10H2. The fraction of sp³-hybridized carbons (Fsp3) is 0.857. The van der Waals surface area contributed by atoms with E-state index in [2.05, 4.69) is 5.16 Å². The highest BCUT2D eigenvalue weighted by atomic mass is 16.4. The summed E-state index contributed by atoms with van der Waals surface area (Å²) in [6, 6.07) is 0. The summed E-state index contributed by atoms with van der Waals surface area (Å²) in [6.07, 6.45) is 12.0. The average Bonchev–Trinajstić information content (AvgIpc) is 2.42. The summed E-state index contributed by atoms with van der Waals surface area (Å²) < 4.78 is 0. The zero-order chi connectivity index (χ0) is 12.1. The number of rotatable bonds is 3. The Balaban J connectivity index is 1.99. The summed E-state index contributed by atoms with van der Waals surface area (Å²) in [6.45, 7) is 0. The maximum atomic E-state index is 9.23. The topological polar surface area (TPSA) is 56.4 Å². The van der Waals surface area contributed by atoms with Crippen molar-refractivity contribution in [1.82, 2.24) is 0 Å². The molecular formula is C14H24N2O. The van der Waals surface area contributed by atoms with Gasteiger partial charge in [-0.2, -0.15) is 0 Å². The Morgan fingerprint density at radius 2 is 1.29 bits per heavy atom. The van der Waals surface area contributed by atoms with E-state index < -0.39 is 0 Å². The first kappa shape index (κ1) is 12.6. The lowest BCUT2D eigenvalue weighted by Gasteiger charge is -2.28. The molecule has 2 N–H and O–H groups in total. The number of hydrogen-bond donors (Lipinski definition) is 2. The molecule has 0 radical (unpaired) electrons. The summed E-state index contributed by atoms with van der Waals surface area (Å²) in [5.74, 6) is 0.708. The fourth-order valence-corrected chi connectivity index (χ4v) is 3.33. The van der Waals surface area contributed by atoms with Gasteiger partial charge in [-0.25, -0.2) is 0 Å². The van der Waals surface area contributed by atoms with E-state index in [4.69, 9.17) is 5.41 Å². The van der Waals surface area contributed by atoms with Crippen molar-refractivity contribution in [2.45, 2.75) is 64.2 Å². The van der Waals surface area contributed by atoms with E-state index in [1.54, 1.807) is 0 Å². The Morgan fingerprint density at radius 3 is 1.76 bits per heavy atom. The Kier molecular flexibility index (Phi) is 4.57. The van der Waals surface area contributed by atoms with E-state index >= 15 is 0 Å². The van der Waals surface area contributed by atoms with Gasteiger partial charge in [-0.05, 0) is 25.7 Å². The lowest BCUT2D eigenvalue weighted by atomic mass is 9.78. The van der Waals surface area contributed by atoms with E-state index in [1.165, 1.54) is 38.5 Å². The highest BCUT2D eigenvalue weighted by molar-refractivity contribution is 6.42. The number of nitrogens with one attached hydrogen (secondary N) is 1. The third-order valence-electron chi connectivity index (χ3n) is 4.39. The van der Waals surface area contributed by atoms with Crippen LogP contribution < -0.4 is 0 Å². The molecule has 0 atom stereocenters. The van der Waals surface area contributed by atoms with Crippen LogP contribution in [0.4, 0.5) is 0 Å². The predicted molar refractivity (Wildman–Crippen MR) is 70.1 cm³/mol. The van der Waals surface area contributed by atoms with E-state index in [0.717, 1.165) is 25.7 Å². The Morgan fingerprint density at radius 1 is 0.824 bits per heavy atom. The van der Waals surface area contributed by atoms with Crippen LogP contribution in [0.1, 0.15) is 64.2 Å². The van der Waals surface area contributed by atoms with Gasteiger partial charge in [0.1, 0.15) is 5.71 Å². The third-order valence-corrected chi connectivity index (χ3v) is 4.39. The molecule has 0 heterocycles. The van der Waals surface area contributed by atoms with Gasteiger partial charge in [0.2, 0.25) is 0 Å². The molecule has 3 heteroatoms. The fourth-order valence-electron chi connectivity index (χ4n) is 3.33. The Hall–Kier alpha value is -0.860. The monoisotopic (exact) mass is 236 g/mol. The molecule has 0 aromatic rings. The Bertz CT molecular complexity index is 287. The molecule has 2 rings (SSSR count). The third kappa shape index (κ3) is 3.08. The van der Waals surface area contributed by atoms with Crippen molar-refractivity contribution in [3.63, 3.8) is 0 Å². The molecule has 0 aromatic heterocycles. The molecule has 0 saturated heterocycles. The molecule has 0 aliphatic heterocycles. The van der Waals surface area contributed by atoms with Gasteiger partial charge in [-0.3, -0.25) is 0 Å². The lowest BCUT2D eigenvalue weighted by Crippen LogP contribution is -2.31. The van der Waals surface area contributed by atoms with Crippen LogP contribution in [-0.2, 0) is 0 Å². The number of hydrogen-bond acceptors (Lipinski definition) is 3. The second-order valence-corrected chi connectivity index (χ2v) is 5.57. The highest BCUT2D eigenvalue weighted by Crippen LogP contribution is 2.30. The number of nitrogens with zero attached hydrogens (tertiary/aromatic N) is 1. The molecule has 2 aliphatic rings. The molecule has 2 fully saturated rings. The molecule has 0 amide bonds. The predicted octanol–water partition coefficient (Wildman–Crippen LogP) is 4.00. The van der Waals surface area contributed by atoms with Crippen molar-refractivity contribution in [2.24, 2.45) is 17.0 Å². The van der Waals surface area contributed by atoms with Crippen LogP contribution in [0.3, 0.4) is 0 Å². The molecule has 3 nitrogen and oxygen atoms in total. The SMILES string of the molecule is N=C(C(=NO)C1CCCCC1)C1CCCCC1. The molecule has 0 unspecified atom stereocenters. The summed E-state index contributed by atoms with van der Waals surface area (Å²) in [7, 11) is 0. The molecule has 2 aliphatic carbocycles. The molecule has 2 saturated carbocycles. The van der Waals surface area contributed by atoms with Gasteiger partial charge < -0.3 is 10.6 Å². The first-order chi connectivity index (χ1) is 8.33. The van der Waals surface area contributed by atoms with E-state index in [1.807, 2.05) is 0 Å². The van der Waals surface area contributed by atoms with Crippen LogP contribution in [-0.4, -0.2) is 16.6 Å². The Labute approximate surface area is 104 Å². The van der Waals surface area contributed by atoms with Gasteiger partial charge in [-0.15, -0.1) is 0 Å². The minimum absolute atomic E-state index is 0.350. The highest BCUT2D eigenvalue weighted by Gasteiger charge is 2.28. The minimum atomic E-state index is 0.350. The normalized spacial score (nSPS) is 24.8. The average molecular weight is 236 g/mol. The van der Waals surface area contributed by atoms with Gasteiger partial charge in [0, 0.05) is 11.8 Å². The maximum absolute atomic E-state index is 9.23. The van der Waals surface area contributed by atoms with Gasteiger partial charge >= 0.3 is 0 Å². The molecule has 0 spiro atoms. The van der Waals surface area contributed by atoms with Crippen LogP contribution in [0.2, 0.25) is 0 Å². The minimum Gasteiger partial charge on any atom is -0.411 e. The number of oxime groups is 1. The molecular weight excluding hydrogens is 212 g/mol. The van der Waals surface area contributed by atoms with Crippen LogP contribution >= 0.6 is 0 Å². The lowest BCUT2D eigenvalue weighted by molar-refractivity contribution is 0.311. The van der Waals surface area contributed by atoms with E-state index in [9.17, 15) is 5.21 Å². The largest absolute Gasteiger partial charge is 0.411 e. The summed E-state index contributed by atoms with van der Waals surface area (Å²) in [5, 5.41) is 21.0. The van der Waals surface area contributed by atoms with Gasteiger partial charge in [-0.1, -0.05) is 43.7 Å². The van der Waals surface area contributed by atoms with Crippen molar-refractivity contribution < 1.29 is 5.21 Å². The molecule has 17 heavy (non-hydrogen) atoms. The summed E-state index contributed by atoms with van der Waals surface area (Å²) in [4.78, 5) is 0. The van der Waals surface area contributed by atoms with Crippen molar-refractivity contribution in [3.8, 4) is 0 Å². The van der Waals surface area contributed by atoms with Crippen molar-refractivity contribution in [2.75, 3.05) is 0 Å². The first-order valence-corrected chi connectivity index (χ1v) is 7.13. The first-order valence-electron chi connectivity index (χ1n) is 7.13. The second kappa shape index (κ2) is 6.18. The quantitative estimate of drug-likeness (QED) is 0.434. The summed E-state index contributed by atoms with van der Waals surface area (Å²) in [5.41, 5.74) is 1.34. The second-order valence-electron chi connectivity index (χ2n) is 5.57. The van der Waals surface area contributed by atoms with Crippen molar-refractivity contribution in [3.05, 3.63) is 0 Å². The van der Waals surface area contributed by atoms with Crippen LogP contribution in [0.25, 0.3) is 0 Å². The molecule has 0 bridgehead atoms. The molecule has 96 valence electrons. The smallest absolute Gasteiger partial charge is 0.104 e. The zero-order valence-corrected chi connectivity index (χ0v) is 10.6. The van der Waals surface area contributed by atoms with Crippen LogP contribution in [0.15, 0.2) is 5.16 Å². The van der Waals surface area contributed by atoms with Gasteiger partial charge in [0.15, 0.2) is 0 Å². The molecule has 0 aromatic carbocycles. The van der Waals surface area contributed by atoms with Crippen molar-refractivity contribution >= 4 is 11.4 Å².